The van der Waals surface area contributed by atoms with E-state index in [1.54, 1.807) is 4.90 Å². The van der Waals surface area contributed by atoms with Gasteiger partial charge in [0.25, 0.3) is 0 Å². The smallest absolute Gasteiger partial charge is 0.317 e. The van der Waals surface area contributed by atoms with E-state index in [1.165, 1.54) is 5.56 Å². The summed E-state index contributed by atoms with van der Waals surface area (Å²) >= 11 is 0. The maximum absolute atomic E-state index is 11.4. The third-order valence-electron chi connectivity index (χ3n) is 3.05. The van der Waals surface area contributed by atoms with E-state index < -0.39 is 11.9 Å². The largest absolute Gasteiger partial charge is 0.481 e. The number of nitrogens with zero attached hydrogens (tertiary/aromatic N) is 1. The van der Waals surface area contributed by atoms with Gasteiger partial charge >= 0.3 is 5.97 Å². The molecule has 17 heavy (non-hydrogen) atoms. The number of aryl methyl sites for hydroxylation is 1. The van der Waals surface area contributed by atoms with Gasteiger partial charge in [-0.25, -0.2) is 0 Å². The van der Waals surface area contributed by atoms with Gasteiger partial charge in [-0.1, -0.05) is 30.3 Å². The third-order valence-corrected chi connectivity index (χ3v) is 3.05. The van der Waals surface area contributed by atoms with Crippen LogP contribution in [-0.4, -0.2) is 35.0 Å². The van der Waals surface area contributed by atoms with Gasteiger partial charge in [0.2, 0.25) is 5.91 Å². The highest BCUT2D eigenvalue weighted by Gasteiger charge is 2.41. The predicted molar refractivity (Wildman–Crippen MR) is 62.5 cm³/mol. The standard InChI is InChI=1S/C13H15NO3/c15-12-11(13(16)17)9-14(12)8-4-7-10-5-2-1-3-6-10/h1-3,5-6,11H,4,7-9H2,(H,16,17). The first-order valence-electron chi connectivity index (χ1n) is 5.74. The molecule has 4 heteroatoms. The zero-order valence-electron chi connectivity index (χ0n) is 9.50. The number of benzene rings is 1. The number of carboxylic acids is 1. The fourth-order valence-corrected chi connectivity index (χ4v) is 2.00. The van der Waals surface area contributed by atoms with Crippen molar-refractivity contribution >= 4 is 11.9 Å². The molecule has 0 aromatic heterocycles. The van der Waals surface area contributed by atoms with Gasteiger partial charge in [-0.05, 0) is 18.4 Å². The van der Waals surface area contributed by atoms with E-state index >= 15 is 0 Å². The van der Waals surface area contributed by atoms with Crippen LogP contribution in [0.2, 0.25) is 0 Å². The molecule has 0 saturated carbocycles. The topological polar surface area (TPSA) is 57.6 Å². The molecule has 90 valence electrons. The van der Waals surface area contributed by atoms with Crippen LogP contribution in [0.15, 0.2) is 30.3 Å². The van der Waals surface area contributed by atoms with Crippen molar-refractivity contribution in [3.05, 3.63) is 35.9 Å². The Bertz CT molecular complexity index is 416. The number of carbonyl (C=O) groups is 2. The SMILES string of the molecule is O=C(O)C1CN(CCCc2ccccc2)C1=O. The van der Waals surface area contributed by atoms with E-state index in [0.717, 1.165) is 12.8 Å². The molecule has 1 N–H and O–H groups in total. The Labute approximate surface area is 99.9 Å². The van der Waals surface area contributed by atoms with Crippen molar-refractivity contribution in [1.29, 1.82) is 0 Å². The van der Waals surface area contributed by atoms with Gasteiger partial charge < -0.3 is 10.0 Å². The molecule has 1 amide bonds. The summed E-state index contributed by atoms with van der Waals surface area (Å²) in [5, 5.41) is 8.68. The van der Waals surface area contributed by atoms with Crippen LogP contribution in [0.5, 0.6) is 0 Å². The highest BCUT2D eigenvalue weighted by Crippen LogP contribution is 2.18. The predicted octanol–water partition coefficient (Wildman–Crippen LogP) is 1.16. The Balaban J connectivity index is 1.71. The molecule has 4 nitrogen and oxygen atoms in total. The van der Waals surface area contributed by atoms with E-state index in [9.17, 15) is 9.59 Å². The van der Waals surface area contributed by atoms with Crippen LogP contribution >= 0.6 is 0 Å². The summed E-state index contributed by atoms with van der Waals surface area (Å²) < 4.78 is 0. The average molecular weight is 233 g/mol. The minimum Gasteiger partial charge on any atom is -0.481 e. The molecule has 1 unspecified atom stereocenters. The van der Waals surface area contributed by atoms with Crippen LogP contribution in [0.4, 0.5) is 0 Å². The van der Waals surface area contributed by atoms with Crippen molar-refractivity contribution in [2.45, 2.75) is 12.8 Å². The first kappa shape index (κ1) is 11.6. The van der Waals surface area contributed by atoms with Crippen LogP contribution in [0.25, 0.3) is 0 Å². The molecule has 0 radical (unpaired) electrons. The number of rotatable bonds is 5. The Morgan fingerprint density at radius 2 is 2.06 bits per heavy atom. The van der Waals surface area contributed by atoms with Crippen LogP contribution in [0.3, 0.4) is 0 Å². The number of amides is 1. The molecule has 0 spiro atoms. The fraction of sp³-hybridized carbons (Fsp3) is 0.385. The molecule has 1 aliphatic heterocycles. The molecule has 1 atom stereocenters. The molecule has 2 rings (SSSR count). The molecule has 0 aliphatic carbocycles. The van der Waals surface area contributed by atoms with Crippen molar-refractivity contribution < 1.29 is 14.7 Å². The number of hydrogen-bond acceptors (Lipinski definition) is 2. The third kappa shape index (κ3) is 2.64. The van der Waals surface area contributed by atoms with Crippen LogP contribution in [0, 0.1) is 5.92 Å². The van der Waals surface area contributed by atoms with Gasteiger partial charge in [0.1, 0.15) is 0 Å². The first-order chi connectivity index (χ1) is 8.18. The number of hydrogen-bond donors (Lipinski definition) is 1. The maximum Gasteiger partial charge on any atom is 0.317 e. The molecule has 0 bridgehead atoms. The zero-order chi connectivity index (χ0) is 12.3. The summed E-state index contributed by atoms with van der Waals surface area (Å²) in [5.41, 5.74) is 1.25. The minimum absolute atomic E-state index is 0.245. The van der Waals surface area contributed by atoms with Gasteiger partial charge in [-0.3, -0.25) is 9.59 Å². The van der Waals surface area contributed by atoms with Gasteiger partial charge in [0, 0.05) is 13.1 Å². The Morgan fingerprint density at radius 3 is 2.65 bits per heavy atom. The highest BCUT2D eigenvalue weighted by atomic mass is 16.4. The monoisotopic (exact) mass is 233 g/mol. The summed E-state index contributed by atoms with van der Waals surface area (Å²) in [4.78, 5) is 23.6. The molecule has 1 aliphatic rings. The normalized spacial score (nSPS) is 18.9. The summed E-state index contributed by atoms with van der Waals surface area (Å²) in [7, 11) is 0. The molecule has 1 aromatic rings. The highest BCUT2D eigenvalue weighted by molar-refractivity contribution is 6.01. The first-order valence-corrected chi connectivity index (χ1v) is 5.74. The second kappa shape index (κ2) is 4.99. The van der Waals surface area contributed by atoms with Crippen molar-refractivity contribution in [3.63, 3.8) is 0 Å². The molecular weight excluding hydrogens is 218 g/mol. The minimum atomic E-state index is -1.01. The summed E-state index contributed by atoms with van der Waals surface area (Å²) in [5.74, 6) is -2.05. The van der Waals surface area contributed by atoms with Gasteiger partial charge in [-0.2, -0.15) is 0 Å². The van der Waals surface area contributed by atoms with Gasteiger partial charge in [0.05, 0.1) is 0 Å². The number of β-lactam (4-membered cyclic amide) rings is 1. The average Bonchev–Trinajstić information content (AvgIpc) is 2.33. The zero-order valence-corrected chi connectivity index (χ0v) is 9.50. The lowest BCUT2D eigenvalue weighted by molar-refractivity contribution is -0.162. The van der Waals surface area contributed by atoms with Crippen molar-refractivity contribution in [2.75, 3.05) is 13.1 Å². The van der Waals surface area contributed by atoms with E-state index in [4.69, 9.17) is 5.11 Å². The number of likely N-dealkylation sites (tertiary alicyclic amines) is 1. The number of aliphatic carboxylic acids is 1. The molecule has 1 fully saturated rings. The Kier molecular flexibility index (Phi) is 3.42. The van der Waals surface area contributed by atoms with Crippen LogP contribution in [0.1, 0.15) is 12.0 Å². The summed E-state index contributed by atoms with van der Waals surface area (Å²) in [6.07, 6.45) is 1.80. The quantitative estimate of drug-likeness (QED) is 0.613. The molecule has 1 saturated heterocycles. The molecule has 1 heterocycles. The summed E-state index contributed by atoms with van der Waals surface area (Å²) in [6.45, 7) is 1.01. The lowest BCUT2D eigenvalue weighted by Crippen LogP contribution is -2.55. The Morgan fingerprint density at radius 1 is 1.35 bits per heavy atom. The molecular formula is C13H15NO3. The van der Waals surface area contributed by atoms with E-state index in [1.807, 2.05) is 18.2 Å². The summed E-state index contributed by atoms with van der Waals surface area (Å²) in [6, 6.07) is 10.1. The second-order valence-electron chi connectivity index (χ2n) is 4.26. The van der Waals surface area contributed by atoms with E-state index in [0.29, 0.717) is 13.1 Å². The number of carboxylic acid groups (broad SMARTS) is 1. The maximum atomic E-state index is 11.4. The Hall–Kier alpha value is -1.84. The fourth-order valence-electron chi connectivity index (χ4n) is 2.00. The van der Waals surface area contributed by atoms with Crippen molar-refractivity contribution in [3.8, 4) is 0 Å². The van der Waals surface area contributed by atoms with Crippen LogP contribution in [-0.2, 0) is 16.0 Å². The van der Waals surface area contributed by atoms with Gasteiger partial charge in [-0.15, -0.1) is 0 Å². The second-order valence-corrected chi connectivity index (χ2v) is 4.26. The van der Waals surface area contributed by atoms with E-state index in [2.05, 4.69) is 12.1 Å². The lowest BCUT2D eigenvalue weighted by Gasteiger charge is -2.36. The molecule has 1 aromatic carbocycles. The van der Waals surface area contributed by atoms with E-state index in [-0.39, 0.29) is 5.91 Å². The number of carbonyl (C=O) groups excluding carboxylic acids is 1. The van der Waals surface area contributed by atoms with Crippen LogP contribution < -0.4 is 0 Å². The lowest BCUT2D eigenvalue weighted by atomic mass is 9.98. The van der Waals surface area contributed by atoms with Crippen molar-refractivity contribution in [2.24, 2.45) is 5.92 Å². The van der Waals surface area contributed by atoms with Gasteiger partial charge in [0.15, 0.2) is 5.92 Å². The van der Waals surface area contributed by atoms with Crippen molar-refractivity contribution in [1.82, 2.24) is 4.90 Å².